The van der Waals surface area contributed by atoms with Crippen molar-refractivity contribution in [3.8, 4) is 11.5 Å². The Bertz CT molecular complexity index is 1060. The first-order chi connectivity index (χ1) is 14.9. The van der Waals surface area contributed by atoms with Gasteiger partial charge in [0.15, 0.2) is 15.0 Å². The molecule has 0 aliphatic carbocycles. The van der Waals surface area contributed by atoms with Crippen LogP contribution in [0.3, 0.4) is 0 Å². The van der Waals surface area contributed by atoms with Gasteiger partial charge in [0, 0.05) is 21.7 Å². The summed E-state index contributed by atoms with van der Waals surface area (Å²) in [7, 11) is -5.73. The van der Waals surface area contributed by atoms with Crippen LogP contribution >= 0.6 is 0 Å². The van der Waals surface area contributed by atoms with Crippen LogP contribution in [0.4, 0.5) is 13.2 Å². The van der Waals surface area contributed by atoms with Crippen molar-refractivity contribution in [3.63, 3.8) is 0 Å². The third kappa shape index (κ3) is 8.26. The van der Waals surface area contributed by atoms with E-state index in [-0.39, 0.29) is 11.2 Å². The molecule has 2 aromatic carbocycles. The SMILES string of the molecule is CC(C)(C)Oc1ccc2c(OC(C)(C)C)ccc([S+]3CCCC3)c2c1.O=S(=O)([O-])C(F)(F)F. The van der Waals surface area contributed by atoms with E-state index in [0.29, 0.717) is 10.9 Å². The van der Waals surface area contributed by atoms with E-state index in [0.717, 1.165) is 11.5 Å². The first-order valence-corrected chi connectivity index (χ1v) is 13.5. The highest BCUT2D eigenvalue weighted by Crippen LogP contribution is 2.38. The minimum Gasteiger partial charge on any atom is -0.741 e. The summed E-state index contributed by atoms with van der Waals surface area (Å²) in [5.74, 6) is 4.55. The number of hydrogen-bond donors (Lipinski definition) is 0. The third-order valence-electron chi connectivity index (χ3n) is 4.37. The molecular weight excluding hydrogens is 477 g/mol. The minimum absolute atomic E-state index is 0.191. The van der Waals surface area contributed by atoms with Crippen LogP contribution in [0.2, 0.25) is 0 Å². The second-order valence-electron chi connectivity index (χ2n) is 9.71. The Kier molecular flexibility index (Phi) is 8.29. The quantitative estimate of drug-likeness (QED) is 0.288. The predicted octanol–water partition coefficient (Wildman–Crippen LogP) is 6.02. The van der Waals surface area contributed by atoms with Crippen LogP contribution in [0, 0.1) is 0 Å². The molecule has 0 saturated carbocycles. The summed E-state index contributed by atoms with van der Waals surface area (Å²) in [5.41, 5.74) is -6.04. The molecule has 33 heavy (non-hydrogen) atoms. The van der Waals surface area contributed by atoms with Gasteiger partial charge in [-0.15, -0.1) is 0 Å². The number of rotatable bonds is 3. The number of fused-ring (bicyclic) bond motifs is 1. The van der Waals surface area contributed by atoms with Gasteiger partial charge in [-0.1, -0.05) is 0 Å². The van der Waals surface area contributed by atoms with Gasteiger partial charge in [-0.3, -0.25) is 0 Å². The molecular formula is C23H31F3O5S2. The van der Waals surface area contributed by atoms with Crippen molar-refractivity contribution in [2.75, 3.05) is 11.5 Å². The molecule has 1 aliphatic rings. The Labute approximate surface area is 196 Å². The zero-order valence-electron chi connectivity index (χ0n) is 19.7. The molecule has 0 radical (unpaired) electrons. The first kappa shape index (κ1) is 27.6. The van der Waals surface area contributed by atoms with Gasteiger partial charge in [-0.25, -0.2) is 8.42 Å². The average molecular weight is 509 g/mol. The molecule has 1 fully saturated rings. The summed E-state index contributed by atoms with van der Waals surface area (Å²) in [6, 6.07) is 10.9. The Morgan fingerprint density at radius 2 is 1.36 bits per heavy atom. The average Bonchev–Trinajstić information content (AvgIpc) is 3.12. The van der Waals surface area contributed by atoms with Gasteiger partial charge in [0.25, 0.3) is 0 Å². The van der Waals surface area contributed by atoms with E-state index in [2.05, 4.69) is 71.9 Å². The third-order valence-corrected chi connectivity index (χ3v) is 7.48. The van der Waals surface area contributed by atoms with Gasteiger partial charge >= 0.3 is 5.51 Å². The van der Waals surface area contributed by atoms with Crippen LogP contribution in [0.1, 0.15) is 54.4 Å². The topological polar surface area (TPSA) is 75.7 Å². The molecule has 0 N–H and O–H groups in total. The summed E-state index contributed by atoms with van der Waals surface area (Å²) in [6.07, 6.45) is 2.70. The molecule has 3 rings (SSSR count). The highest BCUT2D eigenvalue weighted by molar-refractivity contribution is 7.97. The second kappa shape index (κ2) is 9.92. The fourth-order valence-corrected chi connectivity index (χ4v) is 5.72. The van der Waals surface area contributed by atoms with E-state index in [1.165, 1.54) is 40.0 Å². The molecule has 2 aromatic rings. The Balaban J connectivity index is 0.000000414. The van der Waals surface area contributed by atoms with Crippen molar-refractivity contribution in [2.45, 2.75) is 76.0 Å². The largest absolute Gasteiger partial charge is 0.741 e. The molecule has 186 valence electrons. The molecule has 0 spiro atoms. The van der Waals surface area contributed by atoms with Crippen molar-refractivity contribution in [1.29, 1.82) is 0 Å². The molecule has 0 aromatic heterocycles. The van der Waals surface area contributed by atoms with E-state index in [9.17, 15) is 13.2 Å². The minimum atomic E-state index is -6.09. The standard InChI is InChI=1S/C22H31O2S.CHF3O3S/c1-21(2,3)23-16-9-10-17-18(15-16)20(25-13-7-8-14-25)12-11-19(17)24-22(4,5)6;2-1(3,4)8(5,6)7/h9-12,15H,7-8,13-14H2,1-6H3;(H,5,6,7)/q+1;/p-1. The zero-order chi connectivity index (χ0) is 25.2. The van der Waals surface area contributed by atoms with Gasteiger partial charge in [0.1, 0.15) is 34.2 Å². The van der Waals surface area contributed by atoms with Crippen LogP contribution in [0.5, 0.6) is 11.5 Å². The monoisotopic (exact) mass is 508 g/mol. The molecule has 1 heterocycles. The summed E-state index contributed by atoms with van der Waals surface area (Å²) >= 11 is 0. The lowest BCUT2D eigenvalue weighted by atomic mass is 10.1. The number of halogens is 3. The Morgan fingerprint density at radius 1 is 0.848 bits per heavy atom. The molecule has 0 unspecified atom stereocenters. The van der Waals surface area contributed by atoms with Gasteiger partial charge in [-0.05, 0) is 84.7 Å². The number of ether oxygens (including phenoxy) is 2. The van der Waals surface area contributed by atoms with Crippen molar-refractivity contribution < 1.29 is 35.6 Å². The fourth-order valence-electron chi connectivity index (χ4n) is 3.24. The maximum atomic E-state index is 10.7. The summed E-state index contributed by atoms with van der Waals surface area (Å²) < 4.78 is 71.3. The normalized spacial score (nSPS) is 15.8. The lowest BCUT2D eigenvalue weighted by Gasteiger charge is -2.24. The fraction of sp³-hybridized carbons (Fsp3) is 0.565. The van der Waals surface area contributed by atoms with Crippen LogP contribution in [0.25, 0.3) is 10.8 Å². The van der Waals surface area contributed by atoms with Crippen molar-refractivity contribution >= 4 is 31.8 Å². The van der Waals surface area contributed by atoms with E-state index in [4.69, 9.17) is 22.4 Å². The van der Waals surface area contributed by atoms with Crippen LogP contribution in [-0.2, 0) is 21.0 Å². The molecule has 1 aliphatic heterocycles. The maximum absolute atomic E-state index is 10.7. The molecule has 0 atom stereocenters. The number of hydrogen-bond acceptors (Lipinski definition) is 5. The first-order valence-electron chi connectivity index (χ1n) is 10.5. The molecule has 0 bridgehead atoms. The van der Waals surface area contributed by atoms with E-state index in [1.807, 2.05) is 0 Å². The summed E-state index contributed by atoms with van der Waals surface area (Å²) in [4.78, 5) is 1.48. The lowest BCUT2D eigenvalue weighted by Crippen LogP contribution is -2.23. The van der Waals surface area contributed by atoms with E-state index in [1.54, 1.807) is 0 Å². The van der Waals surface area contributed by atoms with Crippen LogP contribution in [0.15, 0.2) is 35.2 Å². The smallest absolute Gasteiger partial charge is 0.485 e. The summed E-state index contributed by atoms with van der Waals surface area (Å²) in [6.45, 7) is 12.6. The maximum Gasteiger partial charge on any atom is 0.485 e. The van der Waals surface area contributed by atoms with Crippen molar-refractivity contribution in [3.05, 3.63) is 30.3 Å². The molecule has 1 saturated heterocycles. The number of benzene rings is 2. The van der Waals surface area contributed by atoms with Gasteiger partial charge < -0.3 is 14.0 Å². The van der Waals surface area contributed by atoms with Crippen LogP contribution < -0.4 is 9.47 Å². The highest BCUT2D eigenvalue weighted by Gasteiger charge is 2.37. The highest BCUT2D eigenvalue weighted by atomic mass is 32.2. The molecule has 10 heteroatoms. The van der Waals surface area contributed by atoms with E-state index >= 15 is 0 Å². The van der Waals surface area contributed by atoms with Crippen LogP contribution in [-0.4, -0.2) is 41.2 Å². The summed E-state index contributed by atoms with van der Waals surface area (Å²) in [5, 5.41) is 2.50. The number of alkyl halides is 3. The van der Waals surface area contributed by atoms with Gasteiger partial charge in [0.05, 0.1) is 0 Å². The second-order valence-corrected chi connectivity index (χ2v) is 13.3. The van der Waals surface area contributed by atoms with Gasteiger partial charge in [0.2, 0.25) is 0 Å². The Morgan fingerprint density at radius 3 is 1.82 bits per heavy atom. The van der Waals surface area contributed by atoms with E-state index < -0.39 is 15.6 Å². The zero-order valence-corrected chi connectivity index (χ0v) is 21.3. The molecule has 0 amide bonds. The molecule has 5 nitrogen and oxygen atoms in total. The Hall–Kier alpha value is -1.65. The van der Waals surface area contributed by atoms with Gasteiger partial charge in [-0.2, -0.15) is 13.2 Å². The van der Waals surface area contributed by atoms with Crippen molar-refractivity contribution in [2.24, 2.45) is 0 Å². The predicted molar refractivity (Wildman–Crippen MR) is 125 cm³/mol. The van der Waals surface area contributed by atoms with Crippen molar-refractivity contribution in [1.82, 2.24) is 0 Å². The lowest BCUT2D eigenvalue weighted by molar-refractivity contribution is -0.0517.